The highest BCUT2D eigenvalue weighted by Crippen LogP contribution is 2.04. The number of carbonyl (C=O) groups is 1. The largest absolute Gasteiger partial charge is 0.383 e. The smallest absolute Gasteiger partial charge is 0.251 e. The van der Waals surface area contributed by atoms with E-state index >= 15 is 0 Å². The maximum Gasteiger partial charge on any atom is 0.251 e. The number of carbonyl (C=O) groups excluding carboxylic acids is 1. The molecule has 16 heavy (non-hydrogen) atoms. The van der Waals surface area contributed by atoms with Crippen LogP contribution in [0.5, 0.6) is 0 Å². The molecule has 0 aliphatic rings. The van der Waals surface area contributed by atoms with Crippen LogP contribution in [0.2, 0.25) is 0 Å². The lowest BCUT2D eigenvalue weighted by atomic mass is 10.1. The SMILES string of the molecule is CCCc1cc(C(=O)NCCOC)ccn1. The van der Waals surface area contributed by atoms with Gasteiger partial charge in [-0.25, -0.2) is 0 Å². The van der Waals surface area contributed by atoms with Gasteiger partial charge >= 0.3 is 0 Å². The summed E-state index contributed by atoms with van der Waals surface area (Å²) in [6, 6.07) is 3.56. The Labute approximate surface area is 96.0 Å². The Hall–Kier alpha value is -1.42. The second-order valence-electron chi connectivity index (χ2n) is 3.53. The van der Waals surface area contributed by atoms with Crippen LogP contribution in [0.3, 0.4) is 0 Å². The van der Waals surface area contributed by atoms with E-state index in [-0.39, 0.29) is 5.91 Å². The first-order valence-electron chi connectivity index (χ1n) is 5.50. The van der Waals surface area contributed by atoms with Crippen molar-refractivity contribution in [3.8, 4) is 0 Å². The third-order valence-corrected chi connectivity index (χ3v) is 2.18. The summed E-state index contributed by atoms with van der Waals surface area (Å²) in [5, 5.41) is 2.78. The first kappa shape index (κ1) is 12.6. The van der Waals surface area contributed by atoms with Gasteiger partial charge in [-0.1, -0.05) is 13.3 Å². The molecule has 0 aliphatic carbocycles. The van der Waals surface area contributed by atoms with Gasteiger partial charge in [-0.3, -0.25) is 9.78 Å². The van der Waals surface area contributed by atoms with E-state index < -0.39 is 0 Å². The van der Waals surface area contributed by atoms with Crippen molar-refractivity contribution < 1.29 is 9.53 Å². The van der Waals surface area contributed by atoms with Crippen LogP contribution in [0.15, 0.2) is 18.3 Å². The predicted octanol–water partition coefficient (Wildman–Crippen LogP) is 1.41. The normalized spacial score (nSPS) is 10.1. The summed E-state index contributed by atoms with van der Waals surface area (Å²) in [6.07, 6.45) is 3.61. The number of amides is 1. The summed E-state index contributed by atoms with van der Waals surface area (Å²) in [7, 11) is 1.61. The summed E-state index contributed by atoms with van der Waals surface area (Å²) >= 11 is 0. The highest BCUT2D eigenvalue weighted by molar-refractivity contribution is 5.94. The van der Waals surface area contributed by atoms with Gasteiger partial charge in [0.15, 0.2) is 0 Å². The van der Waals surface area contributed by atoms with Gasteiger partial charge in [0.25, 0.3) is 5.91 Å². The number of hydrogen-bond donors (Lipinski definition) is 1. The number of ether oxygens (including phenoxy) is 1. The fourth-order valence-corrected chi connectivity index (χ4v) is 1.38. The van der Waals surface area contributed by atoms with E-state index in [1.807, 2.05) is 6.07 Å². The number of nitrogens with zero attached hydrogens (tertiary/aromatic N) is 1. The number of rotatable bonds is 6. The van der Waals surface area contributed by atoms with Crippen LogP contribution in [0.1, 0.15) is 29.4 Å². The van der Waals surface area contributed by atoms with Crippen molar-refractivity contribution >= 4 is 5.91 Å². The molecule has 0 saturated carbocycles. The monoisotopic (exact) mass is 222 g/mol. The molecule has 0 spiro atoms. The molecular weight excluding hydrogens is 204 g/mol. The molecule has 0 aliphatic heterocycles. The molecule has 1 amide bonds. The molecule has 1 heterocycles. The number of aromatic nitrogens is 1. The molecule has 88 valence electrons. The lowest BCUT2D eigenvalue weighted by molar-refractivity contribution is 0.0937. The zero-order valence-electron chi connectivity index (χ0n) is 9.82. The third-order valence-electron chi connectivity index (χ3n) is 2.18. The Kier molecular flexibility index (Phi) is 5.50. The molecule has 0 bridgehead atoms. The summed E-state index contributed by atoms with van der Waals surface area (Å²) in [4.78, 5) is 15.9. The molecule has 0 fully saturated rings. The van der Waals surface area contributed by atoms with Crippen LogP contribution in [0.25, 0.3) is 0 Å². The summed E-state index contributed by atoms with van der Waals surface area (Å²) in [6.45, 7) is 3.15. The highest BCUT2D eigenvalue weighted by atomic mass is 16.5. The number of methoxy groups -OCH3 is 1. The Balaban J connectivity index is 2.57. The minimum atomic E-state index is -0.0724. The maximum atomic E-state index is 11.7. The first-order chi connectivity index (χ1) is 7.77. The van der Waals surface area contributed by atoms with Gasteiger partial charge in [0.05, 0.1) is 6.61 Å². The molecule has 0 atom stereocenters. The van der Waals surface area contributed by atoms with Gasteiger partial charge in [0.1, 0.15) is 0 Å². The molecule has 1 N–H and O–H groups in total. The zero-order chi connectivity index (χ0) is 11.8. The Morgan fingerprint density at radius 3 is 3.06 bits per heavy atom. The van der Waals surface area contributed by atoms with E-state index in [9.17, 15) is 4.79 Å². The van der Waals surface area contributed by atoms with Gasteiger partial charge in [0, 0.05) is 31.1 Å². The molecule has 0 radical (unpaired) electrons. The number of aryl methyl sites for hydroxylation is 1. The lowest BCUT2D eigenvalue weighted by Gasteiger charge is -2.05. The predicted molar refractivity (Wildman–Crippen MR) is 62.4 cm³/mol. The van der Waals surface area contributed by atoms with Crippen LogP contribution in [0, 0.1) is 0 Å². The van der Waals surface area contributed by atoms with Crippen LogP contribution in [-0.2, 0) is 11.2 Å². The fraction of sp³-hybridized carbons (Fsp3) is 0.500. The second kappa shape index (κ2) is 6.95. The minimum absolute atomic E-state index is 0.0724. The fourth-order valence-electron chi connectivity index (χ4n) is 1.38. The molecule has 1 rings (SSSR count). The van der Waals surface area contributed by atoms with E-state index in [2.05, 4.69) is 17.2 Å². The van der Waals surface area contributed by atoms with Crippen LogP contribution in [-0.4, -0.2) is 31.2 Å². The lowest BCUT2D eigenvalue weighted by Crippen LogP contribution is -2.27. The average Bonchev–Trinajstić information content (AvgIpc) is 2.30. The topological polar surface area (TPSA) is 51.2 Å². The van der Waals surface area contributed by atoms with E-state index in [1.165, 1.54) is 0 Å². The highest BCUT2D eigenvalue weighted by Gasteiger charge is 2.05. The van der Waals surface area contributed by atoms with Crippen molar-refractivity contribution in [1.29, 1.82) is 0 Å². The van der Waals surface area contributed by atoms with E-state index in [0.717, 1.165) is 18.5 Å². The molecular formula is C12H18N2O2. The van der Waals surface area contributed by atoms with Crippen molar-refractivity contribution in [2.45, 2.75) is 19.8 Å². The molecule has 0 aromatic carbocycles. The van der Waals surface area contributed by atoms with Gasteiger partial charge in [-0.2, -0.15) is 0 Å². The summed E-state index contributed by atoms with van der Waals surface area (Å²) in [5.74, 6) is -0.0724. The van der Waals surface area contributed by atoms with Gasteiger partial charge in [0.2, 0.25) is 0 Å². The maximum absolute atomic E-state index is 11.7. The third kappa shape index (κ3) is 3.98. The number of hydrogen-bond acceptors (Lipinski definition) is 3. The van der Waals surface area contributed by atoms with Crippen LogP contribution < -0.4 is 5.32 Å². The van der Waals surface area contributed by atoms with Crippen molar-refractivity contribution in [2.75, 3.05) is 20.3 Å². The number of pyridine rings is 1. The van der Waals surface area contributed by atoms with Crippen LogP contribution in [0.4, 0.5) is 0 Å². The quantitative estimate of drug-likeness (QED) is 0.740. The number of nitrogens with one attached hydrogen (secondary N) is 1. The molecule has 0 saturated heterocycles. The van der Waals surface area contributed by atoms with Crippen molar-refractivity contribution in [3.05, 3.63) is 29.6 Å². The molecule has 1 aromatic heterocycles. The molecule has 0 unspecified atom stereocenters. The summed E-state index contributed by atoms with van der Waals surface area (Å²) in [5.41, 5.74) is 1.62. The van der Waals surface area contributed by atoms with E-state index in [0.29, 0.717) is 18.7 Å². The zero-order valence-corrected chi connectivity index (χ0v) is 9.82. The molecule has 4 heteroatoms. The van der Waals surface area contributed by atoms with Gasteiger partial charge in [-0.05, 0) is 18.6 Å². The first-order valence-corrected chi connectivity index (χ1v) is 5.50. The second-order valence-corrected chi connectivity index (χ2v) is 3.53. The Morgan fingerprint density at radius 2 is 2.38 bits per heavy atom. The van der Waals surface area contributed by atoms with Crippen molar-refractivity contribution in [2.24, 2.45) is 0 Å². The average molecular weight is 222 g/mol. The minimum Gasteiger partial charge on any atom is -0.383 e. The Morgan fingerprint density at radius 1 is 1.56 bits per heavy atom. The van der Waals surface area contributed by atoms with Crippen molar-refractivity contribution in [3.63, 3.8) is 0 Å². The van der Waals surface area contributed by atoms with Gasteiger partial charge in [-0.15, -0.1) is 0 Å². The van der Waals surface area contributed by atoms with Gasteiger partial charge < -0.3 is 10.1 Å². The standard InChI is InChI=1S/C12H18N2O2/c1-3-4-11-9-10(5-6-13-11)12(15)14-7-8-16-2/h5-6,9H,3-4,7-8H2,1-2H3,(H,14,15). The Bertz CT molecular complexity index is 340. The van der Waals surface area contributed by atoms with Crippen LogP contribution >= 0.6 is 0 Å². The molecule has 4 nitrogen and oxygen atoms in total. The summed E-state index contributed by atoms with van der Waals surface area (Å²) < 4.78 is 4.86. The van der Waals surface area contributed by atoms with E-state index in [1.54, 1.807) is 19.4 Å². The molecule has 1 aromatic rings. The van der Waals surface area contributed by atoms with Crippen molar-refractivity contribution in [1.82, 2.24) is 10.3 Å². The van der Waals surface area contributed by atoms with E-state index in [4.69, 9.17) is 4.74 Å².